The Kier molecular flexibility index (Phi) is 3.33. The number of methoxy groups -OCH3 is 1. The third kappa shape index (κ3) is 2.39. The molecule has 1 aliphatic rings. The monoisotopic (exact) mass is 260 g/mol. The Labute approximate surface area is 111 Å². The molecule has 0 amide bonds. The van der Waals surface area contributed by atoms with E-state index in [4.69, 9.17) is 9.15 Å². The fourth-order valence-corrected chi connectivity index (χ4v) is 2.13. The zero-order chi connectivity index (χ0) is 13.1. The van der Waals surface area contributed by atoms with Gasteiger partial charge in [0, 0.05) is 26.2 Å². The largest absolute Gasteiger partial charge is 0.496 e. The van der Waals surface area contributed by atoms with Crippen LogP contribution >= 0.6 is 0 Å². The topological polar surface area (TPSA) is 63.4 Å². The Balaban J connectivity index is 1.88. The van der Waals surface area contributed by atoms with Crippen LogP contribution in [0.2, 0.25) is 0 Å². The summed E-state index contributed by atoms with van der Waals surface area (Å²) < 4.78 is 11.1. The van der Waals surface area contributed by atoms with Crippen molar-refractivity contribution >= 4 is 6.01 Å². The van der Waals surface area contributed by atoms with Crippen molar-refractivity contribution in [3.8, 4) is 17.2 Å². The number of hydrogen-bond donors (Lipinski definition) is 1. The summed E-state index contributed by atoms with van der Waals surface area (Å²) in [4.78, 5) is 2.09. The fourth-order valence-electron chi connectivity index (χ4n) is 2.13. The van der Waals surface area contributed by atoms with Crippen LogP contribution in [-0.4, -0.2) is 43.5 Å². The first-order valence-corrected chi connectivity index (χ1v) is 6.31. The van der Waals surface area contributed by atoms with E-state index in [2.05, 4.69) is 20.4 Å². The van der Waals surface area contributed by atoms with Gasteiger partial charge in [-0.3, -0.25) is 0 Å². The lowest BCUT2D eigenvalue weighted by Gasteiger charge is -2.24. The molecule has 2 heterocycles. The molecule has 19 heavy (non-hydrogen) atoms. The number of nitrogens with one attached hydrogen (secondary N) is 1. The van der Waals surface area contributed by atoms with Crippen molar-refractivity contribution in [2.45, 2.75) is 0 Å². The number of nitrogens with zero attached hydrogens (tertiary/aromatic N) is 3. The molecule has 2 aromatic rings. The van der Waals surface area contributed by atoms with E-state index in [0.717, 1.165) is 37.5 Å². The molecule has 0 aliphatic carbocycles. The van der Waals surface area contributed by atoms with Crippen molar-refractivity contribution < 1.29 is 9.15 Å². The summed E-state index contributed by atoms with van der Waals surface area (Å²) in [7, 11) is 1.63. The summed E-state index contributed by atoms with van der Waals surface area (Å²) in [6.45, 7) is 3.64. The summed E-state index contributed by atoms with van der Waals surface area (Å²) >= 11 is 0. The van der Waals surface area contributed by atoms with E-state index in [1.54, 1.807) is 7.11 Å². The summed E-state index contributed by atoms with van der Waals surface area (Å²) in [5.41, 5.74) is 0.818. The number of benzene rings is 1. The summed E-state index contributed by atoms with van der Waals surface area (Å²) in [6, 6.07) is 8.20. The zero-order valence-electron chi connectivity index (χ0n) is 10.8. The third-order valence-electron chi connectivity index (χ3n) is 3.14. The van der Waals surface area contributed by atoms with Gasteiger partial charge in [0.15, 0.2) is 0 Å². The molecule has 0 radical (unpaired) electrons. The van der Waals surface area contributed by atoms with Gasteiger partial charge in [-0.2, -0.15) is 0 Å². The number of piperazine rings is 1. The highest BCUT2D eigenvalue weighted by Gasteiger charge is 2.18. The maximum atomic E-state index is 5.75. The van der Waals surface area contributed by atoms with Crippen molar-refractivity contribution in [2.24, 2.45) is 0 Å². The maximum Gasteiger partial charge on any atom is 0.318 e. The number of hydrogen-bond acceptors (Lipinski definition) is 6. The van der Waals surface area contributed by atoms with E-state index >= 15 is 0 Å². The molecule has 1 fully saturated rings. The second-order valence-electron chi connectivity index (χ2n) is 4.33. The van der Waals surface area contributed by atoms with Gasteiger partial charge in [0.1, 0.15) is 5.75 Å². The first kappa shape index (κ1) is 12.0. The lowest BCUT2D eigenvalue weighted by atomic mass is 10.2. The van der Waals surface area contributed by atoms with Crippen LogP contribution in [0.15, 0.2) is 28.7 Å². The van der Waals surface area contributed by atoms with Gasteiger partial charge in [-0.05, 0) is 12.1 Å². The first-order chi connectivity index (χ1) is 9.38. The first-order valence-electron chi connectivity index (χ1n) is 6.31. The highest BCUT2D eigenvalue weighted by atomic mass is 16.5. The molecule has 0 unspecified atom stereocenters. The lowest BCUT2D eigenvalue weighted by Crippen LogP contribution is -2.43. The highest BCUT2D eigenvalue weighted by molar-refractivity contribution is 5.62. The quantitative estimate of drug-likeness (QED) is 0.893. The molecular weight excluding hydrogens is 244 g/mol. The molecular formula is C13H16N4O2. The van der Waals surface area contributed by atoms with Crippen molar-refractivity contribution in [1.29, 1.82) is 0 Å². The molecule has 0 spiro atoms. The highest BCUT2D eigenvalue weighted by Crippen LogP contribution is 2.29. The Morgan fingerprint density at radius 2 is 2.00 bits per heavy atom. The average Bonchev–Trinajstić information content (AvgIpc) is 2.98. The Bertz CT molecular complexity index is 549. The van der Waals surface area contributed by atoms with Gasteiger partial charge in [-0.1, -0.05) is 17.2 Å². The van der Waals surface area contributed by atoms with Gasteiger partial charge in [-0.25, -0.2) is 0 Å². The van der Waals surface area contributed by atoms with Crippen molar-refractivity contribution in [1.82, 2.24) is 15.5 Å². The predicted octanol–water partition coefficient (Wildman–Crippen LogP) is 1.15. The van der Waals surface area contributed by atoms with Gasteiger partial charge in [-0.15, -0.1) is 5.10 Å². The van der Waals surface area contributed by atoms with Crippen LogP contribution in [0.3, 0.4) is 0 Å². The Hall–Kier alpha value is -2.08. The van der Waals surface area contributed by atoms with E-state index in [9.17, 15) is 0 Å². The second-order valence-corrected chi connectivity index (χ2v) is 4.33. The van der Waals surface area contributed by atoms with Gasteiger partial charge >= 0.3 is 6.01 Å². The number of ether oxygens (including phenoxy) is 1. The SMILES string of the molecule is COc1ccccc1-c1nnc(N2CCNCC2)o1. The molecule has 1 aromatic heterocycles. The third-order valence-corrected chi connectivity index (χ3v) is 3.14. The Morgan fingerprint density at radius 1 is 1.21 bits per heavy atom. The van der Waals surface area contributed by atoms with E-state index in [-0.39, 0.29) is 0 Å². The van der Waals surface area contributed by atoms with Crippen LogP contribution in [0.1, 0.15) is 0 Å². The minimum absolute atomic E-state index is 0.492. The normalized spacial score (nSPS) is 15.5. The maximum absolute atomic E-state index is 5.75. The van der Waals surface area contributed by atoms with E-state index in [1.807, 2.05) is 24.3 Å². The zero-order valence-corrected chi connectivity index (χ0v) is 10.8. The van der Waals surface area contributed by atoms with Crippen LogP contribution in [0.4, 0.5) is 6.01 Å². The number of anilines is 1. The van der Waals surface area contributed by atoms with Crippen LogP contribution in [-0.2, 0) is 0 Å². The number of rotatable bonds is 3. The molecule has 100 valence electrons. The standard InChI is InChI=1S/C13H16N4O2/c1-18-11-5-3-2-4-10(11)12-15-16-13(19-12)17-8-6-14-7-9-17/h2-5,14H,6-9H2,1H3. The number of aromatic nitrogens is 2. The molecule has 1 saturated heterocycles. The molecule has 1 N–H and O–H groups in total. The molecule has 1 aliphatic heterocycles. The van der Waals surface area contributed by atoms with Gasteiger partial charge < -0.3 is 19.4 Å². The van der Waals surface area contributed by atoms with Crippen LogP contribution in [0, 0.1) is 0 Å². The van der Waals surface area contributed by atoms with Crippen molar-refractivity contribution in [3.63, 3.8) is 0 Å². The number of para-hydroxylation sites is 1. The predicted molar refractivity (Wildman–Crippen MR) is 71.4 cm³/mol. The minimum Gasteiger partial charge on any atom is -0.496 e. The Morgan fingerprint density at radius 3 is 2.79 bits per heavy atom. The summed E-state index contributed by atoms with van der Waals surface area (Å²) in [5.74, 6) is 1.23. The lowest BCUT2D eigenvalue weighted by molar-refractivity contribution is 0.414. The summed E-state index contributed by atoms with van der Waals surface area (Å²) in [5, 5.41) is 11.5. The molecule has 0 bridgehead atoms. The van der Waals surface area contributed by atoms with Gasteiger partial charge in [0.05, 0.1) is 12.7 Å². The van der Waals surface area contributed by atoms with Gasteiger partial charge in [0.25, 0.3) is 5.89 Å². The van der Waals surface area contributed by atoms with E-state index in [0.29, 0.717) is 11.9 Å². The van der Waals surface area contributed by atoms with Crippen LogP contribution < -0.4 is 15.0 Å². The van der Waals surface area contributed by atoms with E-state index in [1.165, 1.54) is 0 Å². The fraction of sp³-hybridized carbons (Fsp3) is 0.385. The smallest absolute Gasteiger partial charge is 0.318 e. The van der Waals surface area contributed by atoms with Gasteiger partial charge in [0.2, 0.25) is 0 Å². The summed E-state index contributed by atoms with van der Waals surface area (Å²) in [6.07, 6.45) is 0. The van der Waals surface area contributed by atoms with Crippen LogP contribution in [0.25, 0.3) is 11.5 Å². The molecule has 0 atom stereocenters. The molecule has 6 nitrogen and oxygen atoms in total. The van der Waals surface area contributed by atoms with Crippen molar-refractivity contribution in [2.75, 3.05) is 38.2 Å². The second kappa shape index (κ2) is 5.27. The molecule has 3 rings (SSSR count). The minimum atomic E-state index is 0.492. The van der Waals surface area contributed by atoms with Crippen LogP contribution in [0.5, 0.6) is 5.75 Å². The molecule has 6 heteroatoms. The average molecular weight is 260 g/mol. The van der Waals surface area contributed by atoms with E-state index < -0.39 is 0 Å². The molecule has 0 saturated carbocycles. The van der Waals surface area contributed by atoms with Crippen molar-refractivity contribution in [3.05, 3.63) is 24.3 Å². The molecule has 1 aromatic carbocycles.